The number of rotatable bonds is 0. The summed E-state index contributed by atoms with van der Waals surface area (Å²) in [6.07, 6.45) is 8.25. The standard InChI is InChI=1S/C12H18O/c1-11-5-3-4-8-6-9(11)7-10(13)12(8,11)2/h3,5,8-10,13H,4,6-7H2,1-2H3. The second kappa shape index (κ2) is 2.03. The van der Waals surface area contributed by atoms with Crippen molar-refractivity contribution in [3.05, 3.63) is 12.2 Å². The molecule has 4 bridgehead atoms. The van der Waals surface area contributed by atoms with Crippen molar-refractivity contribution < 1.29 is 5.11 Å². The lowest BCUT2D eigenvalue weighted by Gasteiger charge is -2.44. The fourth-order valence-electron chi connectivity index (χ4n) is 4.33. The van der Waals surface area contributed by atoms with E-state index in [1.807, 2.05) is 0 Å². The second-order valence-electron chi connectivity index (χ2n) is 5.58. The van der Waals surface area contributed by atoms with Crippen LogP contribution in [0.4, 0.5) is 0 Å². The lowest BCUT2D eigenvalue weighted by molar-refractivity contribution is -0.0206. The molecule has 13 heavy (non-hydrogen) atoms. The fraction of sp³-hybridized carbons (Fsp3) is 0.833. The molecule has 3 rings (SSSR count). The van der Waals surface area contributed by atoms with Crippen LogP contribution in [0.3, 0.4) is 0 Å². The van der Waals surface area contributed by atoms with Gasteiger partial charge in [0.05, 0.1) is 6.10 Å². The molecule has 1 heteroatoms. The van der Waals surface area contributed by atoms with Crippen molar-refractivity contribution in [3.8, 4) is 0 Å². The quantitative estimate of drug-likeness (QED) is 0.565. The molecule has 3 aliphatic carbocycles. The molecule has 1 nitrogen and oxygen atoms in total. The lowest BCUT2D eigenvalue weighted by Crippen LogP contribution is -2.43. The lowest BCUT2D eigenvalue weighted by atomic mass is 9.61. The Labute approximate surface area is 79.8 Å². The summed E-state index contributed by atoms with van der Waals surface area (Å²) in [4.78, 5) is 0. The van der Waals surface area contributed by atoms with Gasteiger partial charge < -0.3 is 5.11 Å². The summed E-state index contributed by atoms with van der Waals surface area (Å²) in [7, 11) is 0. The van der Waals surface area contributed by atoms with Crippen LogP contribution in [0.2, 0.25) is 0 Å². The van der Waals surface area contributed by atoms with Crippen LogP contribution in [0.15, 0.2) is 12.2 Å². The Balaban J connectivity index is 2.19. The van der Waals surface area contributed by atoms with Crippen molar-refractivity contribution in [3.63, 3.8) is 0 Å². The maximum atomic E-state index is 10.1. The maximum absolute atomic E-state index is 10.1. The summed E-state index contributed by atoms with van der Waals surface area (Å²) in [5.74, 6) is 1.49. The third-order valence-corrected chi connectivity index (χ3v) is 5.51. The number of hydrogen-bond donors (Lipinski definition) is 1. The highest BCUT2D eigenvalue weighted by molar-refractivity contribution is 5.26. The molecule has 0 aromatic carbocycles. The summed E-state index contributed by atoms with van der Waals surface area (Å²) in [6.45, 7) is 4.66. The van der Waals surface area contributed by atoms with Crippen LogP contribution in [-0.2, 0) is 0 Å². The van der Waals surface area contributed by atoms with E-state index >= 15 is 0 Å². The van der Waals surface area contributed by atoms with Crippen LogP contribution in [-0.4, -0.2) is 11.2 Å². The Bertz CT molecular complexity index is 283. The van der Waals surface area contributed by atoms with Crippen LogP contribution in [0, 0.1) is 22.7 Å². The zero-order valence-electron chi connectivity index (χ0n) is 8.46. The van der Waals surface area contributed by atoms with E-state index in [-0.39, 0.29) is 11.5 Å². The zero-order valence-corrected chi connectivity index (χ0v) is 8.46. The Kier molecular flexibility index (Phi) is 1.26. The Morgan fingerprint density at radius 2 is 2.00 bits per heavy atom. The van der Waals surface area contributed by atoms with E-state index < -0.39 is 0 Å². The van der Waals surface area contributed by atoms with E-state index in [0.717, 1.165) is 18.3 Å². The van der Waals surface area contributed by atoms with E-state index in [1.165, 1.54) is 12.8 Å². The minimum atomic E-state index is -0.0498. The molecule has 0 aromatic heterocycles. The highest BCUT2D eigenvalue weighted by atomic mass is 16.3. The molecule has 0 aliphatic heterocycles. The SMILES string of the molecule is CC12C=CCC3CC1CC(O)C32C. The van der Waals surface area contributed by atoms with Crippen LogP contribution in [0.5, 0.6) is 0 Å². The Morgan fingerprint density at radius 3 is 2.62 bits per heavy atom. The van der Waals surface area contributed by atoms with Gasteiger partial charge in [0.2, 0.25) is 0 Å². The van der Waals surface area contributed by atoms with Crippen LogP contribution < -0.4 is 0 Å². The number of aliphatic hydroxyl groups is 1. The normalized spacial score (nSPS) is 63.2. The van der Waals surface area contributed by atoms with Gasteiger partial charge in [-0.25, -0.2) is 0 Å². The van der Waals surface area contributed by atoms with Gasteiger partial charge in [0.25, 0.3) is 0 Å². The first kappa shape index (κ1) is 8.05. The average Bonchev–Trinajstić information content (AvgIpc) is 2.36. The molecule has 0 amide bonds. The Morgan fingerprint density at radius 1 is 1.23 bits per heavy atom. The predicted octanol–water partition coefficient (Wildman–Crippen LogP) is 2.36. The van der Waals surface area contributed by atoms with Crippen molar-refractivity contribution in [2.24, 2.45) is 22.7 Å². The molecular weight excluding hydrogens is 160 g/mol. The molecule has 0 aromatic rings. The van der Waals surface area contributed by atoms with Crippen LogP contribution in [0.1, 0.15) is 33.1 Å². The first-order chi connectivity index (χ1) is 6.09. The van der Waals surface area contributed by atoms with Crippen molar-refractivity contribution >= 4 is 0 Å². The van der Waals surface area contributed by atoms with Gasteiger partial charge in [-0.05, 0) is 36.5 Å². The van der Waals surface area contributed by atoms with Crippen molar-refractivity contribution in [2.75, 3.05) is 0 Å². The van der Waals surface area contributed by atoms with E-state index in [1.54, 1.807) is 0 Å². The summed E-state index contributed by atoms with van der Waals surface area (Å²) in [5.41, 5.74) is 0.488. The second-order valence-corrected chi connectivity index (χ2v) is 5.58. The summed E-state index contributed by atoms with van der Waals surface area (Å²) < 4.78 is 0. The molecule has 0 spiro atoms. The largest absolute Gasteiger partial charge is 0.393 e. The first-order valence-corrected chi connectivity index (χ1v) is 5.45. The highest BCUT2D eigenvalue weighted by Crippen LogP contribution is 2.71. The van der Waals surface area contributed by atoms with E-state index in [2.05, 4.69) is 26.0 Å². The number of aliphatic hydroxyl groups excluding tert-OH is 1. The van der Waals surface area contributed by atoms with Crippen molar-refractivity contribution in [2.45, 2.75) is 39.2 Å². The van der Waals surface area contributed by atoms with Gasteiger partial charge in [0.1, 0.15) is 0 Å². The van der Waals surface area contributed by atoms with E-state index in [4.69, 9.17) is 0 Å². The molecule has 0 saturated heterocycles. The molecule has 1 N–H and O–H groups in total. The van der Waals surface area contributed by atoms with Gasteiger partial charge in [-0.1, -0.05) is 26.0 Å². The average molecular weight is 178 g/mol. The van der Waals surface area contributed by atoms with Gasteiger partial charge in [0, 0.05) is 5.41 Å². The van der Waals surface area contributed by atoms with Crippen LogP contribution in [0.25, 0.3) is 0 Å². The van der Waals surface area contributed by atoms with Crippen LogP contribution >= 0.6 is 0 Å². The smallest absolute Gasteiger partial charge is 0.0607 e. The molecule has 0 heterocycles. The van der Waals surface area contributed by atoms with Crippen molar-refractivity contribution in [1.82, 2.24) is 0 Å². The molecule has 2 fully saturated rings. The van der Waals surface area contributed by atoms with Gasteiger partial charge in [-0.3, -0.25) is 0 Å². The summed E-state index contributed by atoms with van der Waals surface area (Å²) in [6, 6.07) is 0. The number of allylic oxidation sites excluding steroid dienone is 2. The molecule has 5 atom stereocenters. The summed E-state index contributed by atoms with van der Waals surface area (Å²) in [5, 5.41) is 10.1. The van der Waals surface area contributed by atoms with Gasteiger partial charge >= 0.3 is 0 Å². The minimum absolute atomic E-state index is 0.0498. The van der Waals surface area contributed by atoms with E-state index in [0.29, 0.717) is 5.41 Å². The van der Waals surface area contributed by atoms with E-state index in [9.17, 15) is 5.11 Å². The zero-order chi connectivity index (χ0) is 9.27. The summed E-state index contributed by atoms with van der Waals surface area (Å²) >= 11 is 0. The first-order valence-electron chi connectivity index (χ1n) is 5.45. The molecule has 5 unspecified atom stereocenters. The highest BCUT2D eigenvalue weighted by Gasteiger charge is 2.67. The molecule has 3 aliphatic rings. The molecular formula is C12H18O. The Hall–Kier alpha value is -0.300. The molecule has 2 saturated carbocycles. The fourth-order valence-corrected chi connectivity index (χ4v) is 4.33. The van der Waals surface area contributed by atoms with Gasteiger partial charge in [0.15, 0.2) is 0 Å². The van der Waals surface area contributed by atoms with Gasteiger partial charge in [-0.15, -0.1) is 0 Å². The maximum Gasteiger partial charge on any atom is 0.0607 e. The number of hydrogen-bond acceptors (Lipinski definition) is 1. The van der Waals surface area contributed by atoms with Crippen molar-refractivity contribution in [1.29, 1.82) is 0 Å². The molecule has 72 valence electrons. The minimum Gasteiger partial charge on any atom is -0.393 e. The monoisotopic (exact) mass is 178 g/mol. The molecule has 0 radical (unpaired) electrons. The third kappa shape index (κ3) is 0.633. The topological polar surface area (TPSA) is 20.2 Å². The third-order valence-electron chi connectivity index (χ3n) is 5.51. The predicted molar refractivity (Wildman–Crippen MR) is 52.2 cm³/mol. The van der Waals surface area contributed by atoms with Gasteiger partial charge in [-0.2, -0.15) is 0 Å².